The standard InChI is InChI=1S/C20H33N3O2S/c1-20(2)13-11-16(12-14-20)15-3-5-17(6-4-15)22-18-7-9-19(10-8-18)23-26(21,24)25/h3-6,16,18-19,22-23H,7-14H2,1-2H3,(H2,21,24,25). The number of hydrogen-bond acceptors (Lipinski definition) is 3. The van der Waals surface area contributed by atoms with E-state index in [2.05, 4.69) is 48.2 Å². The van der Waals surface area contributed by atoms with Gasteiger partial charge in [0.15, 0.2) is 0 Å². The molecule has 2 aliphatic rings. The molecule has 1 aromatic rings. The fraction of sp³-hybridized carbons (Fsp3) is 0.700. The summed E-state index contributed by atoms with van der Waals surface area (Å²) in [6.07, 6.45) is 8.76. The first-order chi connectivity index (χ1) is 12.2. The Bertz CT molecular complexity index is 682. The number of anilines is 1. The Morgan fingerprint density at radius 1 is 0.923 bits per heavy atom. The number of nitrogens with one attached hydrogen (secondary N) is 2. The first kappa shape index (κ1) is 19.6. The van der Waals surface area contributed by atoms with Crippen LogP contribution in [-0.4, -0.2) is 20.5 Å². The fourth-order valence-corrected chi connectivity index (χ4v) is 5.11. The van der Waals surface area contributed by atoms with Gasteiger partial charge in [-0.2, -0.15) is 13.1 Å². The van der Waals surface area contributed by atoms with E-state index < -0.39 is 10.2 Å². The maximum Gasteiger partial charge on any atom is 0.274 e. The van der Waals surface area contributed by atoms with Crippen LogP contribution in [-0.2, 0) is 10.2 Å². The molecule has 2 fully saturated rings. The van der Waals surface area contributed by atoms with Crippen LogP contribution in [0.4, 0.5) is 5.69 Å². The van der Waals surface area contributed by atoms with Gasteiger partial charge in [-0.1, -0.05) is 26.0 Å². The van der Waals surface area contributed by atoms with Crippen molar-refractivity contribution in [1.29, 1.82) is 0 Å². The highest BCUT2D eigenvalue weighted by atomic mass is 32.2. The molecule has 0 unspecified atom stereocenters. The molecule has 3 rings (SSSR count). The third kappa shape index (κ3) is 5.69. The van der Waals surface area contributed by atoms with Gasteiger partial charge in [-0.15, -0.1) is 0 Å². The van der Waals surface area contributed by atoms with E-state index >= 15 is 0 Å². The van der Waals surface area contributed by atoms with Gasteiger partial charge in [0, 0.05) is 17.8 Å². The van der Waals surface area contributed by atoms with Crippen molar-refractivity contribution in [3.8, 4) is 0 Å². The molecule has 0 saturated heterocycles. The van der Waals surface area contributed by atoms with Crippen LogP contribution in [0, 0.1) is 5.41 Å². The molecule has 0 spiro atoms. The van der Waals surface area contributed by atoms with Crippen molar-refractivity contribution in [2.75, 3.05) is 5.32 Å². The lowest BCUT2D eigenvalue weighted by molar-refractivity contribution is 0.224. The van der Waals surface area contributed by atoms with Crippen LogP contribution in [0.5, 0.6) is 0 Å². The maximum atomic E-state index is 11.1. The Labute approximate surface area is 158 Å². The number of benzene rings is 1. The second kappa shape index (κ2) is 7.87. The maximum absolute atomic E-state index is 11.1. The zero-order valence-corrected chi connectivity index (χ0v) is 16.8. The highest BCUT2D eigenvalue weighted by molar-refractivity contribution is 7.87. The summed E-state index contributed by atoms with van der Waals surface area (Å²) < 4.78 is 24.8. The lowest BCUT2D eigenvalue weighted by Crippen LogP contribution is -2.43. The minimum Gasteiger partial charge on any atom is -0.382 e. The molecule has 26 heavy (non-hydrogen) atoms. The van der Waals surface area contributed by atoms with E-state index in [0.717, 1.165) is 31.4 Å². The third-order valence-corrected chi connectivity index (χ3v) is 6.81. The predicted molar refractivity (Wildman–Crippen MR) is 107 cm³/mol. The van der Waals surface area contributed by atoms with E-state index in [1.54, 1.807) is 0 Å². The van der Waals surface area contributed by atoms with Gasteiger partial charge < -0.3 is 5.32 Å². The van der Waals surface area contributed by atoms with E-state index in [9.17, 15) is 8.42 Å². The summed E-state index contributed by atoms with van der Waals surface area (Å²) in [4.78, 5) is 0. The summed E-state index contributed by atoms with van der Waals surface area (Å²) in [6, 6.07) is 9.32. The summed E-state index contributed by atoms with van der Waals surface area (Å²) in [5.74, 6) is 0.705. The van der Waals surface area contributed by atoms with Crippen LogP contribution in [0.15, 0.2) is 24.3 Å². The Morgan fingerprint density at radius 2 is 1.46 bits per heavy atom. The predicted octanol–water partition coefficient (Wildman–Crippen LogP) is 3.89. The SMILES string of the molecule is CC1(C)CCC(c2ccc(NC3CCC(NS(N)(=O)=O)CC3)cc2)CC1. The zero-order valence-electron chi connectivity index (χ0n) is 16.0. The zero-order chi connectivity index (χ0) is 18.8. The molecule has 146 valence electrons. The summed E-state index contributed by atoms with van der Waals surface area (Å²) in [5, 5.41) is 8.66. The molecule has 4 N–H and O–H groups in total. The molecule has 6 heteroatoms. The fourth-order valence-electron chi connectivity index (χ4n) is 4.41. The first-order valence-electron chi connectivity index (χ1n) is 9.87. The average Bonchev–Trinajstić information content (AvgIpc) is 2.56. The molecule has 2 saturated carbocycles. The average molecular weight is 380 g/mol. The van der Waals surface area contributed by atoms with Crippen molar-refractivity contribution >= 4 is 15.9 Å². The molecule has 0 aromatic heterocycles. The monoisotopic (exact) mass is 379 g/mol. The Balaban J connectivity index is 1.48. The highest BCUT2D eigenvalue weighted by Gasteiger charge is 2.27. The van der Waals surface area contributed by atoms with Gasteiger partial charge >= 0.3 is 0 Å². The minimum atomic E-state index is -3.59. The molecular weight excluding hydrogens is 346 g/mol. The molecule has 0 bridgehead atoms. The summed E-state index contributed by atoms with van der Waals surface area (Å²) >= 11 is 0. The molecule has 5 nitrogen and oxygen atoms in total. The summed E-state index contributed by atoms with van der Waals surface area (Å²) in [6.45, 7) is 4.76. The van der Waals surface area contributed by atoms with Crippen LogP contribution in [0.3, 0.4) is 0 Å². The van der Waals surface area contributed by atoms with Gasteiger partial charge in [0.25, 0.3) is 10.2 Å². The van der Waals surface area contributed by atoms with Crippen LogP contribution in [0.2, 0.25) is 0 Å². The minimum absolute atomic E-state index is 0.0269. The van der Waals surface area contributed by atoms with Gasteiger partial charge in [-0.25, -0.2) is 5.14 Å². The number of rotatable bonds is 5. The van der Waals surface area contributed by atoms with Crippen LogP contribution in [0.1, 0.15) is 76.7 Å². The molecule has 2 aliphatic carbocycles. The summed E-state index contributed by atoms with van der Waals surface area (Å²) in [7, 11) is -3.59. The van der Waals surface area contributed by atoms with Gasteiger partial charge in [0.1, 0.15) is 0 Å². The van der Waals surface area contributed by atoms with E-state index in [4.69, 9.17) is 5.14 Å². The van der Waals surface area contributed by atoms with Crippen molar-refractivity contribution in [2.24, 2.45) is 10.6 Å². The number of nitrogens with two attached hydrogens (primary N) is 1. The second-order valence-corrected chi connectivity index (χ2v) is 10.2. The molecule has 0 radical (unpaired) electrons. The summed E-state index contributed by atoms with van der Waals surface area (Å²) in [5.41, 5.74) is 3.13. The van der Waals surface area contributed by atoms with Gasteiger partial charge in [-0.05, 0) is 80.4 Å². The van der Waals surface area contributed by atoms with Crippen LogP contribution < -0.4 is 15.2 Å². The normalized spacial score (nSPS) is 27.2. The van der Waals surface area contributed by atoms with Gasteiger partial charge in [-0.3, -0.25) is 0 Å². The van der Waals surface area contributed by atoms with E-state index in [1.165, 1.54) is 31.2 Å². The molecular formula is C20H33N3O2S. The highest BCUT2D eigenvalue weighted by Crippen LogP contribution is 2.42. The second-order valence-electron chi connectivity index (χ2n) is 8.92. The van der Waals surface area contributed by atoms with Crippen molar-refractivity contribution in [1.82, 2.24) is 4.72 Å². The van der Waals surface area contributed by atoms with Crippen LogP contribution in [0.25, 0.3) is 0 Å². The van der Waals surface area contributed by atoms with Crippen molar-refractivity contribution in [2.45, 2.75) is 83.2 Å². The van der Waals surface area contributed by atoms with Gasteiger partial charge in [0.2, 0.25) is 0 Å². The Kier molecular flexibility index (Phi) is 5.94. The van der Waals surface area contributed by atoms with Gasteiger partial charge in [0.05, 0.1) is 0 Å². The lowest BCUT2D eigenvalue weighted by atomic mass is 9.71. The first-order valence-corrected chi connectivity index (χ1v) is 11.4. The molecule has 0 atom stereocenters. The largest absolute Gasteiger partial charge is 0.382 e. The molecule has 0 amide bonds. The lowest BCUT2D eigenvalue weighted by Gasteiger charge is -2.34. The number of hydrogen-bond donors (Lipinski definition) is 3. The van der Waals surface area contributed by atoms with Crippen LogP contribution >= 0.6 is 0 Å². The van der Waals surface area contributed by atoms with E-state index in [1.807, 2.05) is 0 Å². The Hall–Kier alpha value is -1.11. The van der Waals surface area contributed by atoms with E-state index in [0.29, 0.717) is 17.4 Å². The van der Waals surface area contributed by atoms with Crippen molar-refractivity contribution < 1.29 is 8.42 Å². The molecule has 0 aliphatic heterocycles. The van der Waals surface area contributed by atoms with E-state index in [-0.39, 0.29) is 6.04 Å². The Morgan fingerprint density at radius 3 is 2.00 bits per heavy atom. The van der Waals surface area contributed by atoms with Crippen molar-refractivity contribution in [3.05, 3.63) is 29.8 Å². The molecule has 0 heterocycles. The topological polar surface area (TPSA) is 84.2 Å². The smallest absolute Gasteiger partial charge is 0.274 e. The molecule has 1 aromatic carbocycles. The quantitative estimate of drug-likeness (QED) is 0.726. The third-order valence-electron chi connectivity index (χ3n) is 6.15. The van der Waals surface area contributed by atoms with Crippen molar-refractivity contribution in [3.63, 3.8) is 0 Å².